The Balaban J connectivity index is 1.93. The van der Waals surface area contributed by atoms with Crippen molar-refractivity contribution in [3.05, 3.63) is 84.7 Å². The van der Waals surface area contributed by atoms with Gasteiger partial charge in [-0.25, -0.2) is 12.8 Å². The lowest BCUT2D eigenvalue weighted by Gasteiger charge is -2.24. The third kappa shape index (κ3) is 4.96. The van der Waals surface area contributed by atoms with Crippen molar-refractivity contribution in [1.29, 1.82) is 0 Å². The number of carbonyl (C=O) groups excluding carboxylic acids is 1. The van der Waals surface area contributed by atoms with E-state index in [9.17, 15) is 17.6 Å². The standard InChI is InChI=1S/C21H19FN2O3S2/c1-28-20-10-6-5-9-19(20)23-21(25)15-24(17-13-11-16(22)12-14-17)29(26,27)18-7-3-2-4-8-18/h2-14H,15H2,1H3,(H,23,25). The minimum atomic E-state index is -4.03. The summed E-state index contributed by atoms with van der Waals surface area (Å²) >= 11 is 1.47. The van der Waals surface area contributed by atoms with Crippen LogP contribution in [0.15, 0.2) is 88.7 Å². The maximum absolute atomic E-state index is 13.4. The summed E-state index contributed by atoms with van der Waals surface area (Å²) in [6.45, 7) is -0.453. The van der Waals surface area contributed by atoms with Gasteiger partial charge < -0.3 is 5.32 Å². The van der Waals surface area contributed by atoms with Crippen molar-refractivity contribution in [1.82, 2.24) is 0 Å². The lowest BCUT2D eigenvalue weighted by molar-refractivity contribution is -0.114. The summed E-state index contributed by atoms with van der Waals surface area (Å²) in [5, 5.41) is 2.76. The normalized spacial score (nSPS) is 11.1. The maximum atomic E-state index is 13.4. The second-order valence-electron chi connectivity index (χ2n) is 6.05. The quantitative estimate of drug-likeness (QED) is 0.565. The van der Waals surface area contributed by atoms with Crippen LogP contribution in [0.3, 0.4) is 0 Å². The number of carbonyl (C=O) groups is 1. The minimum Gasteiger partial charge on any atom is -0.323 e. The second kappa shape index (κ2) is 9.11. The molecule has 3 aromatic rings. The Morgan fingerprint density at radius 3 is 2.24 bits per heavy atom. The molecule has 1 amide bonds. The third-order valence-corrected chi connectivity index (χ3v) is 6.70. The van der Waals surface area contributed by atoms with Gasteiger partial charge >= 0.3 is 0 Å². The Labute approximate surface area is 173 Å². The van der Waals surface area contributed by atoms with Crippen LogP contribution in [-0.2, 0) is 14.8 Å². The minimum absolute atomic E-state index is 0.0432. The number of halogens is 1. The van der Waals surface area contributed by atoms with Crippen LogP contribution >= 0.6 is 11.8 Å². The summed E-state index contributed by atoms with van der Waals surface area (Å²) < 4.78 is 40.7. The molecule has 8 heteroatoms. The van der Waals surface area contributed by atoms with Gasteiger partial charge in [-0.2, -0.15) is 0 Å². The van der Waals surface area contributed by atoms with E-state index < -0.39 is 28.3 Å². The Hall–Kier alpha value is -2.84. The molecule has 0 unspecified atom stereocenters. The van der Waals surface area contributed by atoms with E-state index in [4.69, 9.17) is 0 Å². The summed E-state index contributed by atoms with van der Waals surface area (Å²) in [6, 6.07) is 20.0. The second-order valence-corrected chi connectivity index (χ2v) is 8.76. The molecule has 0 aliphatic carbocycles. The molecule has 0 aromatic heterocycles. The molecule has 0 radical (unpaired) electrons. The van der Waals surface area contributed by atoms with Crippen LogP contribution in [0.25, 0.3) is 0 Å². The van der Waals surface area contributed by atoms with Gasteiger partial charge in [0.05, 0.1) is 16.3 Å². The van der Waals surface area contributed by atoms with Crippen LogP contribution in [0.2, 0.25) is 0 Å². The fourth-order valence-electron chi connectivity index (χ4n) is 2.71. The third-order valence-electron chi connectivity index (χ3n) is 4.11. The first-order chi connectivity index (χ1) is 13.9. The molecule has 3 aromatic carbocycles. The zero-order chi connectivity index (χ0) is 20.9. The van der Waals surface area contributed by atoms with Gasteiger partial charge in [0, 0.05) is 4.90 Å². The zero-order valence-electron chi connectivity index (χ0n) is 15.6. The molecule has 150 valence electrons. The van der Waals surface area contributed by atoms with Crippen molar-refractivity contribution >= 4 is 39.1 Å². The zero-order valence-corrected chi connectivity index (χ0v) is 17.2. The summed E-state index contributed by atoms with van der Waals surface area (Å²) in [5.74, 6) is -1.00. The van der Waals surface area contributed by atoms with Crippen molar-refractivity contribution in [2.75, 3.05) is 22.4 Å². The number of rotatable bonds is 7. The van der Waals surface area contributed by atoms with Crippen LogP contribution in [0.5, 0.6) is 0 Å². The Kier molecular flexibility index (Phi) is 6.56. The SMILES string of the molecule is CSc1ccccc1NC(=O)CN(c1ccc(F)cc1)S(=O)(=O)c1ccccc1. The molecule has 0 spiro atoms. The molecule has 0 atom stereocenters. The molecule has 0 bridgehead atoms. The number of hydrogen-bond donors (Lipinski definition) is 1. The largest absolute Gasteiger partial charge is 0.323 e. The summed E-state index contributed by atoms with van der Waals surface area (Å²) in [4.78, 5) is 13.6. The van der Waals surface area contributed by atoms with Crippen LogP contribution < -0.4 is 9.62 Å². The maximum Gasteiger partial charge on any atom is 0.264 e. The monoisotopic (exact) mass is 430 g/mol. The highest BCUT2D eigenvalue weighted by Gasteiger charge is 2.27. The topological polar surface area (TPSA) is 66.5 Å². The van der Waals surface area contributed by atoms with Gasteiger partial charge in [-0.05, 0) is 54.8 Å². The van der Waals surface area contributed by atoms with E-state index in [2.05, 4.69) is 5.32 Å². The van der Waals surface area contributed by atoms with Gasteiger partial charge in [-0.15, -0.1) is 11.8 Å². The van der Waals surface area contributed by atoms with Gasteiger partial charge in [-0.3, -0.25) is 9.10 Å². The number of nitrogens with zero attached hydrogens (tertiary/aromatic N) is 1. The van der Waals surface area contributed by atoms with Crippen molar-refractivity contribution in [3.63, 3.8) is 0 Å². The highest BCUT2D eigenvalue weighted by Crippen LogP contribution is 2.26. The number of amides is 1. The Morgan fingerprint density at radius 1 is 0.966 bits per heavy atom. The molecular weight excluding hydrogens is 411 g/mol. The van der Waals surface area contributed by atoms with E-state index in [-0.39, 0.29) is 10.6 Å². The van der Waals surface area contributed by atoms with Gasteiger partial charge in [0.15, 0.2) is 0 Å². The fraction of sp³-hybridized carbons (Fsp3) is 0.0952. The molecule has 3 rings (SSSR count). The van der Waals surface area contributed by atoms with Crippen molar-refractivity contribution in [2.24, 2.45) is 0 Å². The van der Waals surface area contributed by atoms with Crippen LogP contribution in [-0.4, -0.2) is 27.1 Å². The number of benzene rings is 3. The first-order valence-electron chi connectivity index (χ1n) is 8.68. The van der Waals surface area contributed by atoms with E-state index in [0.29, 0.717) is 5.69 Å². The van der Waals surface area contributed by atoms with Crippen LogP contribution in [0.1, 0.15) is 0 Å². The molecule has 0 saturated heterocycles. The average Bonchev–Trinajstić information content (AvgIpc) is 2.74. The van der Waals surface area contributed by atoms with E-state index in [1.165, 1.54) is 36.0 Å². The first kappa shape index (κ1) is 20.9. The van der Waals surface area contributed by atoms with Crippen LogP contribution in [0, 0.1) is 5.82 Å². The summed E-state index contributed by atoms with van der Waals surface area (Å²) in [7, 11) is -4.03. The molecule has 0 fully saturated rings. The number of thioether (sulfide) groups is 1. The van der Waals surface area contributed by atoms with E-state index in [0.717, 1.165) is 21.3 Å². The van der Waals surface area contributed by atoms with E-state index in [1.807, 2.05) is 18.4 Å². The number of anilines is 2. The highest BCUT2D eigenvalue weighted by atomic mass is 32.2. The number of para-hydroxylation sites is 1. The number of nitrogens with one attached hydrogen (secondary N) is 1. The van der Waals surface area contributed by atoms with E-state index in [1.54, 1.807) is 30.3 Å². The number of sulfonamides is 1. The molecule has 1 N–H and O–H groups in total. The first-order valence-corrected chi connectivity index (χ1v) is 11.3. The van der Waals surface area contributed by atoms with Gasteiger partial charge in [-0.1, -0.05) is 30.3 Å². The molecule has 0 aliphatic heterocycles. The highest BCUT2D eigenvalue weighted by molar-refractivity contribution is 7.98. The molecular formula is C21H19FN2O3S2. The van der Waals surface area contributed by atoms with Crippen molar-refractivity contribution in [3.8, 4) is 0 Å². The summed E-state index contributed by atoms with van der Waals surface area (Å²) in [5.41, 5.74) is 0.796. The molecule has 0 saturated carbocycles. The van der Waals surface area contributed by atoms with Gasteiger partial charge in [0.25, 0.3) is 10.0 Å². The fourth-order valence-corrected chi connectivity index (χ4v) is 4.71. The predicted octanol–water partition coefficient (Wildman–Crippen LogP) is 4.38. The van der Waals surface area contributed by atoms with Crippen molar-refractivity contribution < 1.29 is 17.6 Å². The smallest absolute Gasteiger partial charge is 0.264 e. The molecule has 29 heavy (non-hydrogen) atoms. The van der Waals surface area contributed by atoms with Gasteiger partial charge in [0.1, 0.15) is 12.4 Å². The van der Waals surface area contributed by atoms with E-state index >= 15 is 0 Å². The molecule has 0 aliphatic rings. The van der Waals surface area contributed by atoms with Crippen molar-refractivity contribution in [2.45, 2.75) is 9.79 Å². The lowest BCUT2D eigenvalue weighted by atomic mass is 10.3. The Bertz CT molecular complexity index is 1090. The van der Waals surface area contributed by atoms with Crippen LogP contribution in [0.4, 0.5) is 15.8 Å². The average molecular weight is 431 g/mol. The Morgan fingerprint density at radius 2 is 1.59 bits per heavy atom. The number of hydrogen-bond acceptors (Lipinski definition) is 4. The summed E-state index contributed by atoms with van der Waals surface area (Å²) in [6.07, 6.45) is 1.88. The lowest BCUT2D eigenvalue weighted by Crippen LogP contribution is -2.38. The molecule has 5 nitrogen and oxygen atoms in total. The molecule has 0 heterocycles. The van der Waals surface area contributed by atoms with Gasteiger partial charge in [0.2, 0.25) is 5.91 Å². The predicted molar refractivity (Wildman–Crippen MR) is 114 cm³/mol.